The molecule has 2 rings (SSSR count). The van der Waals surface area contributed by atoms with Gasteiger partial charge in [-0.1, -0.05) is 12.1 Å². The van der Waals surface area contributed by atoms with Crippen molar-refractivity contribution in [1.29, 1.82) is 5.26 Å². The minimum atomic E-state index is -0.700. The number of ether oxygens (including phenoxy) is 1. The predicted octanol–water partition coefficient (Wildman–Crippen LogP) is 4.43. The zero-order chi connectivity index (χ0) is 22.7. The van der Waals surface area contributed by atoms with E-state index in [4.69, 9.17) is 19.3 Å². The lowest BCUT2D eigenvalue weighted by molar-refractivity contribution is 0.00578. The number of halogens is 1. The van der Waals surface area contributed by atoms with E-state index in [1.807, 2.05) is 33.8 Å². The first-order chi connectivity index (χ1) is 13.7. The van der Waals surface area contributed by atoms with E-state index in [2.05, 4.69) is 5.32 Å². The zero-order valence-electron chi connectivity index (χ0n) is 18.8. The van der Waals surface area contributed by atoms with Crippen LogP contribution in [0, 0.1) is 17.1 Å². The monoisotopic (exact) mass is 416 g/mol. The fourth-order valence-electron chi connectivity index (χ4n) is 2.80. The Morgan fingerprint density at radius 3 is 2.40 bits per heavy atom. The summed E-state index contributed by atoms with van der Waals surface area (Å²) in [7, 11) is -0.700. The van der Waals surface area contributed by atoms with Gasteiger partial charge in [-0.15, -0.1) is 0 Å². The van der Waals surface area contributed by atoms with Crippen LogP contribution in [0.5, 0.6) is 0 Å². The first-order valence-electron chi connectivity index (χ1n) is 9.92. The van der Waals surface area contributed by atoms with Gasteiger partial charge in [-0.05, 0) is 71.6 Å². The van der Waals surface area contributed by atoms with Gasteiger partial charge in [0, 0.05) is 12.1 Å². The van der Waals surface area contributed by atoms with Crippen molar-refractivity contribution in [1.82, 2.24) is 5.32 Å². The van der Waals surface area contributed by atoms with Gasteiger partial charge in [0.2, 0.25) is 0 Å². The molecule has 1 amide bonds. The first-order valence-corrected chi connectivity index (χ1v) is 9.92. The molecule has 1 N–H and O–H groups in total. The third-order valence-corrected chi connectivity index (χ3v) is 5.08. The van der Waals surface area contributed by atoms with E-state index in [0.717, 1.165) is 0 Å². The largest absolute Gasteiger partial charge is 0.492 e. The Bertz CT molecular complexity index is 853. The van der Waals surface area contributed by atoms with Gasteiger partial charge >= 0.3 is 13.2 Å². The fraction of sp³-hybridized carbons (Fsp3) is 0.545. The molecule has 0 aliphatic carbocycles. The van der Waals surface area contributed by atoms with Crippen LogP contribution in [0.15, 0.2) is 23.7 Å². The molecule has 1 heterocycles. The number of nitrogens with one attached hydrogen (secondary N) is 1. The number of alkyl carbamates (subject to hydrolysis) is 1. The highest BCUT2D eigenvalue weighted by molar-refractivity contribution is 6.56. The molecule has 1 aromatic carbocycles. The van der Waals surface area contributed by atoms with Gasteiger partial charge in [0.25, 0.3) is 0 Å². The van der Waals surface area contributed by atoms with Crippen LogP contribution in [-0.4, -0.2) is 36.6 Å². The molecule has 1 fully saturated rings. The lowest BCUT2D eigenvalue weighted by atomic mass is 9.77. The Kier molecular flexibility index (Phi) is 7.00. The molecule has 162 valence electrons. The lowest BCUT2D eigenvalue weighted by Crippen LogP contribution is -2.41. The van der Waals surface area contributed by atoms with E-state index in [0.29, 0.717) is 16.6 Å². The summed E-state index contributed by atoms with van der Waals surface area (Å²) in [6.45, 7) is 13.2. The second-order valence-electron chi connectivity index (χ2n) is 9.35. The Hall–Kier alpha value is -2.37. The third kappa shape index (κ3) is 6.07. The molecule has 0 radical (unpaired) electrons. The van der Waals surface area contributed by atoms with Crippen LogP contribution in [0.3, 0.4) is 0 Å². The highest BCUT2D eigenvalue weighted by Gasteiger charge is 2.52. The number of carbonyl (C=O) groups is 1. The molecule has 0 saturated carbocycles. The van der Waals surface area contributed by atoms with Gasteiger partial charge in [-0.2, -0.15) is 5.26 Å². The molecule has 1 saturated heterocycles. The van der Waals surface area contributed by atoms with Gasteiger partial charge in [0.15, 0.2) is 0 Å². The van der Waals surface area contributed by atoms with Crippen LogP contribution >= 0.6 is 0 Å². The molecular formula is C22H30BFN2O4. The van der Waals surface area contributed by atoms with Crippen LogP contribution < -0.4 is 5.32 Å². The smallest absolute Gasteiger partial charge is 0.444 e. The summed E-state index contributed by atoms with van der Waals surface area (Å²) >= 11 is 0. The van der Waals surface area contributed by atoms with Gasteiger partial charge in [0.1, 0.15) is 11.4 Å². The molecule has 8 heteroatoms. The maximum atomic E-state index is 13.9. The average Bonchev–Trinajstić information content (AvgIpc) is 2.80. The van der Waals surface area contributed by atoms with Crippen molar-refractivity contribution < 1.29 is 23.2 Å². The number of rotatable bonds is 5. The van der Waals surface area contributed by atoms with E-state index >= 15 is 0 Å². The van der Waals surface area contributed by atoms with E-state index in [9.17, 15) is 9.18 Å². The summed E-state index contributed by atoms with van der Waals surface area (Å²) in [5.74, 6) is -0.433. The molecule has 0 spiro atoms. The molecule has 0 bridgehead atoms. The number of nitrogens with zero attached hydrogens (tertiary/aromatic N) is 1. The van der Waals surface area contributed by atoms with Gasteiger partial charge in [0.05, 0.1) is 23.7 Å². The lowest BCUT2D eigenvalue weighted by Gasteiger charge is -2.32. The zero-order valence-corrected chi connectivity index (χ0v) is 18.8. The number of amides is 1. The summed E-state index contributed by atoms with van der Waals surface area (Å²) in [5, 5.41) is 11.6. The van der Waals surface area contributed by atoms with Crippen LogP contribution in [0.4, 0.5) is 9.18 Å². The number of carbonyl (C=O) groups excluding carboxylic acids is 1. The quantitative estimate of drug-likeness (QED) is 0.719. The highest BCUT2D eigenvalue weighted by atomic mass is 19.1. The van der Waals surface area contributed by atoms with E-state index in [1.54, 1.807) is 39.0 Å². The van der Waals surface area contributed by atoms with Crippen molar-refractivity contribution in [3.05, 3.63) is 40.6 Å². The van der Waals surface area contributed by atoms with E-state index in [-0.39, 0.29) is 13.0 Å². The van der Waals surface area contributed by atoms with Crippen molar-refractivity contribution in [2.24, 2.45) is 0 Å². The molecule has 0 unspecified atom stereocenters. The molecule has 1 aromatic rings. The molecule has 1 aliphatic rings. The Morgan fingerprint density at radius 1 is 1.27 bits per heavy atom. The highest BCUT2D eigenvalue weighted by Crippen LogP contribution is 2.38. The molecule has 6 nitrogen and oxygen atoms in total. The Balaban J connectivity index is 2.32. The summed E-state index contributed by atoms with van der Waals surface area (Å²) in [6, 6.07) is 6.50. The summed E-state index contributed by atoms with van der Waals surface area (Å²) in [4.78, 5) is 12.1. The number of nitriles is 1. The number of benzene rings is 1. The Labute approximate surface area is 178 Å². The summed E-state index contributed by atoms with van der Waals surface area (Å²) in [5.41, 5.74) is -0.109. The van der Waals surface area contributed by atoms with Crippen LogP contribution in [-0.2, 0) is 20.5 Å². The maximum Gasteiger partial charge on any atom is 0.492 e. The maximum absolute atomic E-state index is 13.9. The first kappa shape index (κ1) is 23.9. The molecule has 0 aromatic heterocycles. The number of hydrogen-bond donors (Lipinski definition) is 1. The molecule has 1 aliphatic heterocycles. The SMILES string of the molecule is CC(C)(C)OC(=O)NCC(=Cc1ccc(F)c(CC#N)c1)B1OC(C)(C)C(C)(C)O1. The second kappa shape index (κ2) is 8.79. The van der Waals surface area contributed by atoms with Crippen LogP contribution in [0.2, 0.25) is 0 Å². The average molecular weight is 416 g/mol. The summed E-state index contributed by atoms with van der Waals surface area (Å²) < 4.78 is 31.5. The fourth-order valence-corrected chi connectivity index (χ4v) is 2.80. The minimum Gasteiger partial charge on any atom is -0.444 e. The van der Waals surface area contributed by atoms with Crippen LogP contribution in [0.1, 0.15) is 59.6 Å². The topological polar surface area (TPSA) is 80.6 Å². The van der Waals surface area contributed by atoms with Gasteiger partial charge in [-0.3, -0.25) is 0 Å². The van der Waals surface area contributed by atoms with Crippen molar-refractivity contribution in [2.75, 3.05) is 6.54 Å². The second-order valence-corrected chi connectivity index (χ2v) is 9.35. The normalized spacial score (nSPS) is 18.1. The van der Waals surface area contributed by atoms with Crippen molar-refractivity contribution in [3.8, 4) is 6.07 Å². The molecule has 0 atom stereocenters. The van der Waals surface area contributed by atoms with Crippen molar-refractivity contribution in [2.45, 2.75) is 71.7 Å². The molecular weight excluding hydrogens is 386 g/mol. The van der Waals surface area contributed by atoms with Crippen molar-refractivity contribution >= 4 is 19.3 Å². The number of hydrogen-bond acceptors (Lipinski definition) is 5. The van der Waals surface area contributed by atoms with Crippen molar-refractivity contribution in [3.63, 3.8) is 0 Å². The Morgan fingerprint density at radius 2 is 1.87 bits per heavy atom. The third-order valence-electron chi connectivity index (χ3n) is 5.08. The van der Waals surface area contributed by atoms with Crippen LogP contribution in [0.25, 0.3) is 6.08 Å². The van der Waals surface area contributed by atoms with E-state index < -0.39 is 35.8 Å². The minimum absolute atomic E-state index is 0.0322. The standard InChI is InChI=1S/C22H30BFN2O4/c1-20(2,3)28-19(27)26-14-17(23-29-21(4,5)22(6,7)30-23)13-15-8-9-18(24)16(12-15)10-11-25/h8-9,12-13H,10,14H2,1-7H3,(H,26,27). The van der Waals surface area contributed by atoms with Gasteiger partial charge in [-0.25, -0.2) is 9.18 Å². The van der Waals surface area contributed by atoms with Gasteiger partial charge < -0.3 is 19.4 Å². The summed E-state index contributed by atoms with van der Waals surface area (Å²) in [6.07, 6.45) is 1.18. The molecule has 30 heavy (non-hydrogen) atoms. The predicted molar refractivity (Wildman–Crippen MR) is 114 cm³/mol. The van der Waals surface area contributed by atoms with E-state index in [1.165, 1.54) is 6.07 Å².